The second kappa shape index (κ2) is 7.27. The van der Waals surface area contributed by atoms with Crippen molar-refractivity contribution >= 4 is 39.5 Å². The highest BCUT2D eigenvalue weighted by molar-refractivity contribution is 9.10. The summed E-state index contributed by atoms with van der Waals surface area (Å²) in [5.41, 5.74) is -1.51. The molecule has 1 aliphatic rings. The molecule has 10 heteroatoms. The van der Waals surface area contributed by atoms with Crippen LogP contribution in [-0.4, -0.2) is 29.3 Å². The maximum absolute atomic E-state index is 13.7. The maximum Gasteiger partial charge on any atom is 0.325 e. The zero-order chi connectivity index (χ0) is 20.6. The van der Waals surface area contributed by atoms with Crippen LogP contribution in [0.25, 0.3) is 0 Å². The van der Waals surface area contributed by atoms with Gasteiger partial charge in [0.15, 0.2) is 17.5 Å². The van der Waals surface area contributed by atoms with Gasteiger partial charge in [-0.3, -0.25) is 14.5 Å². The zero-order valence-corrected chi connectivity index (χ0v) is 15.9. The van der Waals surface area contributed by atoms with Crippen molar-refractivity contribution in [3.05, 3.63) is 63.9 Å². The van der Waals surface area contributed by atoms with Crippen LogP contribution >= 0.6 is 15.9 Å². The molecule has 1 saturated heterocycles. The molecular weight excluding hydrogens is 443 g/mol. The number of nitrogens with zero attached hydrogens (tertiary/aromatic N) is 1. The summed E-state index contributed by atoms with van der Waals surface area (Å²) in [6.45, 7) is 0.759. The number of carbonyl (C=O) groups is 3. The lowest BCUT2D eigenvalue weighted by molar-refractivity contribution is -0.133. The van der Waals surface area contributed by atoms with E-state index >= 15 is 0 Å². The fourth-order valence-electron chi connectivity index (χ4n) is 2.79. The highest BCUT2D eigenvalue weighted by Gasteiger charge is 2.49. The molecule has 2 N–H and O–H groups in total. The molecule has 0 radical (unpaired) electrons. The largest absolute Gasteiger partial charge is 0.325 e. The molecule has 1 atom stereocenters. The van der Waals surface area contributed by atoms with Crippen LogP contribution < -0.4 is 10.6 Å². The molecule has 146 valence electrons. The number of carbonyl (C=O) groups excluding carboxylic acids is 3. The first kappa shape index (κ1) is 19.9. The number of rotatable bonds is 4. The van der Waals surface area contributed by atoms with Gasteiger partial charge in [-0.1, -0.05) is 28.1 Å². The number of urea groups is 1. The summed E-state index contributed by atoms with van der Waals surface area (Å²) in [4.78, 5) is 37.8. The van der Waals surface area contributed by atoms with Gasteiger partial charge in [0.2, 0.25) is 5.91 Å². The van der Waals surface area contributed by atoms with Crippen LogP contribution in [0.4, 0.5) is 23.7 Å². The van der Waals surface area contributed by atoms with Gasteiger partial charge in [0, 0.05) is 4.47 Å². The van der Waals surface area contributed by atoms with E-state index in [1.54, 1.807) is 24.3 Å². The molecule has 0 bridgehead atoms. The van der Waals surface area contributed by atoms with Crippen molar-refractivity contribution in [3.8, 4) is 0 Å². The maximum atomic E-state index is 13.7. The van der Waals surface area contributed by atoms with E-state index in [4.69, 9.17) is 0 Å². The number of imide groups is 1. The van der Waals surface area contributed by atoms with Crippen molar-refractivity contribution in [3.63, 3.8) is 0 Å². The predicted molar refractivity (Wildman–Crippen MR) is 96.7 cm³/mol. The van der Waals surface area contributed by atoms with E-state index < -0.39 is 53.1 Å². The first-order valence-electron chi connectivity index (χ1n) is 7.97. The van der Waals surface area contributed by atoms with Crippen LogP contribution in [0.3, 0.4) is 0 Å². The van der Waals surface area contributed by atoms with Gasteiger partial charge in [0.25, 0.3) is 5.91 Å². The Bertz CT molecular complexity index is 1000. The zero-order valence-electron chi connectivity index (χ0n) is 14.4. The van der Waals surface area contributed by atoms with E-state index in [0.717, 1.165) is 6.07 Å². The molecule has 2 aromatic rings. The van der Waals surface area contributed by atoms with Crippen LogP contribution in [0.2, 0.25) is 0 Å². The lowest BCUT2D eigenvalue weighted by Crippen LogP contribution is -2.42. The van der Waals surface area contributed by atoms with Crippen molar-refractivity contribution in [1.82, 2.24) is 10.2 Å². The van der Waals surface area contributed by atoms with Crippen LogP contribution in [0.5, 0.6) is 0 Å². The summed E-state index contributed by atoms with van der Waals surface area (Å²) in [6.07, 6.45) is 0. The van der Waals surface area contributed by atoms with E-state index in [1.807, 2.05) is 5.32 Å². The lowest BCUT2D eigenvalue weighted by Gasteiger charge is -2.22. The molecule has 0 aromatic heterocycles. The fraction of sp³-hybridized carbons (Fsp3) is 0.167. The Morgan fingerprint density at radius 3 is 2.57 bits per heavy atom. The molecule has 0 spiro atoms. The highest BCUT2D eigenvalue weighted by atomic mass is 79.9. The molecule has 0 aliphatic carbocycles. The Kier molecular flexibility index (Phi) is 5.16. The fourth-order valence-corrected chi connectivity index (χ4v) is 3.19. The van der Waals surface area contributed by atoms with E-state index in [1.165, 1.54) is 6.92 Å². The Hall–Kier alpha value is -2.88. The number of nitrogens with one attached hydrogen (secondary N) is 2. The average Bonchev–Trinajstić information content (AvgIpc) is 2.86. The van der Waals surface area contributed by atoms with Crippen molar-refractivity contribution < 1.29 is 27.6 Å². The Morgan fingerprint density at radius 2 is 1.89 bits per heavy atom. The summed E-state index contributed by atoms with van der Waals surface area (Å²) >= 11 is 3.28. The summed E-state index contributed by atoms with van der Waals surface area (Å²) < 4.78 is 40.6. The average molecular weight is 456 g/mol. The molecule has 0 saturated carbocycles. The smallest absolute Gasteiger partial charge is 0.322 e. The first-order valence-corrected chi connectivity index (χ1v) is 8.76. The van der Waals surface area contributed by atoms with E-state index in [9.17, 15) is 27.6 Å². The summed E-state index contributed by atoms with van der Waals surface area (Å²) in [5.74, 6) is -6.36. The predicted octanol–water partition coefficient (Wildman–Crippen LogP) is 3.27. The summed E-state index contributed by atoms with van der Waals surface area (Å²) in [5, 5.41) is 4.54. The first-order chi connectivity index (χ1) is 13.1. The van der Waals surface area contributed by atoms with E-state index in [0.29, 0.717) is 21.0 Å². The number of hydrogen-bond acceptors (Lipinski definition) is 3. The van der Waals surface area contributed by atoms with Crippen molar-refractivity contribution in [2.45, 2.75) is 12.5 Å². The number of anilines is 1. The number of amides is 4. The molecular formula is C18H13BrF3N3O3. The van der Waals surface area contributed by atoms with Gasteiger partial charge < -0.3 is 10.6 Å². The van der Waals surface area contributed by atoms with Crippen LogP contribution in [-0.2, 0) is 15.1 Å². The summed E-state index contributed by atoms with van der Waals surface area (Å²) in [7, 11) is 0. The third-order valence-corrected chi connectivity index (χ3v) is 4.78. The molecule has 2 aromatic carbocycles. The molecule has 4 amide bonds. The molecule has 6 nitrogen and oxygen atoms in total. The van der Waals surface area contributed by atoms with Crippen LogP contribution in [0.15, 0.2) is 40.9 Å². The van der Waals surface area contributed by atoms with E-state index in [2.05, 4.69) is 21.2 Å². The van der Waals surface area contributed by atoms with Crippen LogP contribution in [0.1, 0.15) is 12.5 Å². The van der Waals surface area contributed by atoms with Crippen molar-refractivity contribution in [2.24, 2.45) is 0 Å². The normalized spacial score (nSPS) is 19.0. The minimum absolute atomic E-state index is 0.495. The van der Waals surface area contributed by atoms with Gasteiger partial charge in [-0.15, -0.1) is 0 Å². The second-order valence-electron chi connectivity index (χ2n) is 6.23. The van der Waals surface area contributed by atoms with Gasteiger partial charge in [-0.05, 0) is 36.8 Å². The Labute approximate surface area is 165 Å². The molecule has 1 fully saturated rings. The molecule has 1 unspecified atom stereocenters. The third kappa shape index (κ3) is 3.47. The molecule has 1 heterocycles. The van der Waals surface area contributed by atoms with Gasteiger partial charge in [-0.25, -0.2) is 18.0 Å². The minimum atomic E-state index is -1.74. The van der Waals surface area contributed by atoms with Crippen molar-refractivity contribution in [1.29, 1.82) is 0 Å². The monoisotopic (exact) mass is 455 g/mol. The van der Waals surface area contributed by atoms with E-state index in [-0.39, 0.29) is 0 Å². The van der Waals surface area contributed by atoms with Gasteiger partial charge in [0.05, 0.1) is 5.69 Å². The number of halogens is 4. The SMILES string of the molecule is CC1(c2cccc(Br)c2)NC(=O)N(CC(=O)Nc2ccc(F)c(F)c2F)C1=O. The molecule has 28 heavy (non-hydrogen) atoms. The molecule has 1 aliphatic heterocycles. The lowest BCUT2D eigenvalue weighted by atomic mass is 9.92. The molecule has 3 rings (SSSR count). The second-order valence-corrected chi connectivity index (χ2v) is 7.14. The van der Waals surface area contributed by atoms with Gasteiger partial charge >= 0.3 is 6.03 Å². The highest BCUT2D eigenvalue weighted by Crippen LogP contribution is 2.30. The summed E-state index contributed by atoms with van der Waals surface area (Å²) in [6, 6.07) is 7.39. The van der Waals surface area contributed by atoms with Gasteiger partial charge in [-0.2, -0.15) is 0 Å². The third-order valence-electron chi connectivity index (χ3n) is 4.29. The van der Waals surface area contributed by atoms with Crippen molar-refractivity contribution in [2.75, 3.05) is 11.9 Å². The topological polar surface area (TPSA) is 78.5 Å². The Morgan fingerprint density at radius 1 is 1.18 bits per heavy atom. The Balaban J connectivity index is 1.78. The van der Waals surface area contributed by atoms with Gasteiger partial charge in [0.1, 0.15) is 12.1 Å². The number of benzene rings is 2. The van der Waals surface area contributed by atoms with Crippen LogP contribution in [0, 0.1) is 17.5 Å². The standard InChI is InChI=1S/C18H13BrF3N3O3/c1-18(9-3-2-4-10(19)7-9)16(27)25(17(28)24-18)8-13(26)23-12-6-5-11(20)14(21)15(12)22/h2-7H,8H2,1H3,(H,23,26)(H,24,28). The minimum Gasteiger partial charge on any atom is -0.322 e. The number of hydrogen-bond donors (Lipinski definition) is 2. The quantitative estimate of drug-likeness (QED) is 0.548.